The van der Waals surface area contributed by atoms with Crippen molar-refractivity contribution in [2.75, 3.05) is 47.5 Å². The molecule has 0 aliphatic heterocycles. The highest BCUT2D eigenvalue weighted by Crippen LogP contribution is 2.38. The molecule has 322 valence electrons. The second-order valence-electron chi connectivity index (χ2n) is 15.3. The number of phosphoric ester groups is 1. The lowest BCUT2D eigenvalue weighted by Gasteiger charge is -2.28. The molecule has 0 rings (SSSR count). The molecule has 0 aliphatic carbocycles. The van der Waals surface area contributed by atoms with Crippen LogP contribution in [0.5, 0.6) is 0 Å². The molecule has 56 heavy (non-hydrogen) atoms. The number of phosphoric acid groups is 1. The second-order valence-corrected chi connectivity index (χ2v) is 16.8. The fraction of sp³-hybridized carbons (Fsp3) is 0.696. The lowest BCUT2D eigenvalue weighted by atomic mass is 10.1. The van der Waals surface area contributed by atoms with Crippen molar-refractivity contribution in [3.63, 3.8) is 0 Å². The van der Waals surface area contributed by atoms with E-state index in [9.17, 15) is 19.0 Å². The van der Waals surface area contributed by atoms with Gasteiger partial charge in [0.05, 0.1) is 27.7 Å². The molecule has 0 heterocycles. The molecule has 0 aromatic rings. The van der Waals surface area contributed by atoms with Crippen molar-refractivity contribution in [1.82, 2.24) is 0 Å². The Labute approximate surface area is 342 Å². The van der Waals surface area contributed by atoms with Crippen LogP contribution in [-0.2, 0) is 32.7 Å². The summed E-state index contributed by atoms with van der Waals surface area (Å²) in [5.41, 5.74) is 0. The largest absolute Gasteiger partial charge is 0.756 e. The standard InChI is InChI=1S/C46H80NO8P/c1-6-8-10-12-14-16-18-20-22-23-25-27-29-31-33-35-37-39-46(49)55-44(43-54-56(50,51)53-41-40-47(3,4)5)42-52-45(48)38-36-34-32-30-28-26-24-21-19-17-15-13-11-9-7-2/h15,17,20-22,24-25,27-28,30-31,33,44H,6-14,16,18-19,23,26,29,32,34-43H2,1-5H3/b17-15+,22-20+,24-21+,27-25+,30-28+,33-31+/t44-/m1/s1. The number of rotatable bonds is 38. The highest BCUT2D eigenvalue weighted by atomic mass is 31.2. The summed E-state index contributed by atoms with van der Waals surface area (Å²) in [5, 5.41) is 0. The Morgan fingerprint density at radius 3 is 1.52 bits per heavy atom. The van der Waals surface area contributed by atoms with Gasteiger partial charge in [0.1, 0.15) is 19.8 Å². The Hall–Kier alpha value is -2.55. The Balaban J connectivity index is 4.54. The predicted molar refractivity (Wildman–Crippen MR) is 231 cm³/mol. The molecule has 0 radical (unpaired) electrons. The van der Waals surface area contributed by atoms with Crippen molar-refractivity contribution in [2.45, 2.75) is 161 Å². The van der Waals surface area contributed by atoms with E-state index in [1.54, 1.807) is 0 Å². The first-order chi connectivity index (χ1) is 27.0. The number of allylic oxidation sites excluding steroid dienone is 12. The number of carbonyl (C=O) groups is 2. The smallest absolute Gasteiger partial charge is 0.306 e. The Morgan fingerprint density at radius 2 is 0.982 bits per heavy atom. The van der Waals surface area contributed by atoms with Gasteiger partial charge in [-0.2, -0.15) is 0 Å². The van der Waals surface area contributed by atoms with E-state index in [1.807, 2.05) is 27.2 Å². The maximum absolute atomic E-state index is 12.6. The van der Waals surface area contributed by atoms with Crippen molar-refractivity contribution in [3.05, 3.63) is 72.9 Å². The first-order valence-electron chi connectivity index (χ1n) is 21.6. The lowest BCUT2D eigenvalue weighted by molar-refractivity contribution is -0.870. The third-order valence-electron chi connectivity index (χ3n) is 8.70. The molecule has 0 amide bonds. The highest BCUT2D eigenvalue weighted by Gasteiger charge is 2.21. The molecule has 0 N–H and O–H groups in total. The van der Waals surface area contributed by atoms with Crippen LogP contribution >= 0.6 is 7.82 Å². The summed E-state index contributed by atoms with van der Waals surface area (Å²) >= 11 is 0. The number of hydrogen-bond donors (Lipinski definition) is 0. The lowest BCUT2D eigenvalue weighted by Crippen LogP contribution is -2.37. The Bertz CT molecular complexity index is 1180. The van der Waals surface area contributed by atoms with Gasteiger partial charge in [-0.05, 0) is 83.5 Å². The number of nitrogens with zero attached hydrogens (tertiary/aromatic N) is 1. The van der Waals surface area contributed by atoms with Gasteiger partial charge in [0.2, 0.25) is 0 Å². The SMILES string of the molecule is CCCCC/C=C/C/C=C/C/C=C/CCCCC(=O)OC[C@H](COP(=O)([O-])OCC[N+](C)(C)C)OC(=O)CCC/C=C/C/C=C/C/C=C/CCCCCCCC. The summed E-state index contributed by atoms with van der Waals surface area (Å²) in [4.78, 5) is 37.5. The highest BCUT2D eigenvalue weighted by molar-refractivity contribution is 7.45. The van der Waals surface area contributed by atoms with E-state index in [4.69, 9.17) is 18.5 Å². The van der Waals surface area contributed by atoms with E-state index in [1.165, 1.54) is 57.8 Å². The average Bonchev–Trinajstić information content (AvgIpc) is 3.15. The first kappa shape index (κ1) is 53.5. The maximum Gasteiger partial charge on any atom is 0.306 e. The van der Waals surface area contributed by atoms with E-state index in [0.29, 0.717) is 30.3 Å². The number of carbonyl (C=O) groups excluding carboxylic acids is 2. The van der Waals surface area contributed by atoms with Gasteiger partial charge in [-0.1, -0.05) is 132 Å². The third kappa shape index (κ3) is 41.1. The minimum atomic E-state index is -4.65. The Morgan fingerprint density at radius 1 is 0.554 bits per heavy atom. The second kappa shape index (κ2) is 38.0. The molecular formula is C46H80NO8P. The van der Waals surface area contributed by atoms with E-state index in [0.717, 1.165) is 51.4 Å². The van der Waals surface area contributed by atoms with Gasteiger partial charge in [-0.15, -0.1) is 0 Å². The van der Waals surface area contributed by atoms with E-state index < -0.39 is 32.5 Å². The monoisotopic (exact) mass is 806 g/mol. The fourth-order valence-corrected chi connectivity index (χ4v) is 5.99. The van der Waals surface area contributed by atoms with Crippen molar-refractivity contribution in [2.24, 2.45) is 0 Å². The molecule has 0 saturated heterocycles. The van der Waals surface area contributed by atoms with Crippen LogP contribution in [0, 0.1) is 0 Å². The molecule has 0 aliphatic rings. The van der Waals surface area contributed by atoms with Crippen LogP contribution < -0.4 is 4.89 Å². The molecule has 10 heteroatoms. The first-order valence-corrected chi connectivity index (χ1v) is 23.1. The molecule has 1 unspecified atom stereocenters. The average molecular weight is 806 g/mol. The molecule has 0 spiro atoms. The summed E-state index contributed by atoms with van der Waals surface area (Å²) < 4.78 is 33.8. The maximum atomic E-state index is 12.6. The zero-order valence-electron chi connectivity index (χ0n) is 36.1. The van der Waals surface area contributed by atoms with Crippen LogP contribution in [0.25, 0.3) is 0 Å². The van der Waals surface area contributed by atoms with Crippen LogP contribution in [0.2, 0.25) is 0 Å². The van der Waals surface area contributed by atoms with Crippen LogP contribution in [0.3, 0.4) is 0 Å². The molecule has 2 atom stereocenters. The van der Waals surface area contributed by atoms with Crippen molar-refractivity contribution in [1.29, 1.82) is 0 Å². The van der Waals surface area contributed by atoms with E-state index in [2.05, 4.69) is 80.7 Å². The number of ether oxygens (including phenoxy) is 2. The molecule has 9 nitrogen and oxygen atoms in total. The normalized spacial score (nSPS) is 14.3. The quantitative estimate of drug-likeness (QED) is 0.0199. The number of unbranched alkanes of at least 4 members (excludes halogenated alkanes) is 12. The van der Waals surface area contributed by atoms with Crippen molar-refractivity contribution in [3.8, 4) is 0 Å². The summed E-state index contributed by atoms with van der Waals surface area (Å²) in [6.07, 6.45) is 46.5. The van der Waals surface area contributed by atoms with Gasteiger partial charge in [0.15, 0.2) is 6.10 Å². The Kier molecular flexibility index (Phi) is 36.3. The summed E-state index contributed by atoms with van der Waals surface area (Å²) in [5.74, 6) is -0.948. The summed E-state index contributed by atoms with van der Waals surface area (Å²) in [6.45, 7) is 4.06. The van der Waals surface area contributed by atoms with Gasteiger partial charge in [0, 0.05) is 12.8 Å². The van der Waals surface area contributed by atoms with Crippen LogP contribution in [0.1, 0.15) is 155 Å². The van der Waals surface area contributed by atoms with E-state index in [-0.39, 0.29) is 26.1 Å². The zero-order valence-corrected chi connectivity index (χ0v) is 36.9. The van der Waals surface area contributed by atoms with Gasteiger partial charge >= 0.3 is 11.9 Å². The number of quaternary nitrogens is 1. The van der Waals surface area contributed by atoms with Gasteiger partial charge in [-0.25, -0.2) is 0 Å². The third-order valence-corrected chi connectivity index (χ3v) is 9.66. The molecule has 0 bridgehead atoms. The van der Waals surface area contributed by atoms with E-state index >= 15 is 0 Å². The number of likely N-dealkylation sites (N-methyl/N-ethyl adjacent to an activating group) is 1. The molecule has 0 saturated carbocycles. The summed E-state index contributed by atoms with van der Waals surface area (Å²) in [6, 6.07) is 0. The fourth-order valence-electron chi connectivity index (χ4n) is 5.26. The van der Waals surface area contributed by atoms with Gasteiger partial charge < -0.3 is 27.9 Å². The molecule has 0 fully saturated rings. The minimum absolute atomic E-state index is 0.0495. The summed E-state index contributed by atoms with van der Waals surface area (Å²) in [7, 11) is 1.10. The predicted octanol–water partition coefficient (Wildman–Crippen LogP) is 11.6. The number of esters is 2. The van der Waals surface area contributed by atoms with Crippen LogP contribution in [0.15, 0.2) is 72.9 Å². The molecule has 0 aromatic heterocycles. The molecule has 0 aromatic carbocycles. The van der Waals surface area contributed by atoms with Crippen molar-refractivity contribution >= 4 is 19.8 Å². The minimum Gasteiger partial charge on any atom is -0.756 e. The van der Waals surface area contributed by atoms with Crippen LogP contribution in [-0.4, -0.2) is 70.0 Å². The zero-order chi connectivity index (χ0) is 41.4. The van der Waals surface area contributed by atoms with Crippen molar-refractivity contribution < 1.29 is 42.1 Å². The number of hydrogen-bond acceptors (Lipinski definition) is 8. The van der Waals surface area contributed by atoms with Gasteiger partial charge in [-0.3, -0.25) is 14.2 Å². The van der Waals surface area contributed by atoms with Crippen LogP contribution in [0.4, 0.5) is 0 Å². The van der Waals surface area contributed by atoms with Gasteiger partial charge in [0.25, 0.3) is 7.82 Å². The molecular weight excluding hydrogens is 725 g/mol. The topological polar surface area (TPSA) is 111 Å².